The Morgan fingerprint density at radius 3 is 2.60 bits per heavy atom. The van der Waals surface area contributed by atoms with Crippen molar-refractivity contribution in [2.24, 2.45) is 11.8 Å². The van der Waals surface area contributed by atoms with Crippen LogP contribution in [0.25, 0.3) is 0 Å². The van der Waals surface area contributed by atoms with Crippen molar-refractivity contribution in [3.05, 3.63) is 28.3 Å². The molecule has 1 aliphatic heterocycles. The monoisotopic (exact) mass is 275 g/mol. The fraction of sp³-hybridized carbons (Fsp3) is 0.600. The van der Waals surface area contributed by atoms with Gasteiger partial charge in [-0.15, -0.1) is 0 Å². The molecular formula is C15H21N3O2. The van der Waals surface area contributed by atoms with Crippen molar-refractivity contribution in [3.8, 4) is 0 Å². The number of nitro benzene ring substituents is 1. The number of nitro groups is 1. The van der Waals surface area contributed by atoms with E-state index in [-0.39, 0.29) is 10.6 Å². The van der Waals surface area contributed by atoms with Crippen molar-refractivity contribution in [1.82, 2.24) is 0 Å². The maximum Gasteiger partial charge on any atom is 0.273 e. The molecule has 3 rings (SSSR count). The van der Waals surface area contributed by atoms with Gasteiger partial charge in [0.1, 0.15) is 0 Å². The summed E-state index contributed by atoms with van der Waals surface area (Å²) in [5, 5.41) is 14.3. The molecule has 1 aromatic carbocycles. The second-order valence-electron chi connectivity index (χ2n) is 5.88. The van der Waals surface area contributed by atoms with Gasteiger partial charge in [-0.2, -0.15) is 0 Å². The summed E-state index contributed by atoms with van der Waals surface area (Å²) in [7, 11) is 0. The normalized spacial score (nSPS) is 24.8. The highest BCUT2D eigenvalue weighted by Gasteiger charge is 2.36. The fourth-order valence-corrected chi connectivity index (χ4v) is 3.64. The van der Waals surface area contributed by atoms with Crippen LogP contribution in [-0.2, 0) is 0 Å². The van der Waals surface area contributed by atoms with Gasteiger partial charge in [0.05, 0.1) is 4.92 Å². The first-order valence-corrected chi connectivity index (χ1v) is 7.45. The van der Waals surface area contributed by atoms with Crippen molar-refractivity contribution < 1.29 is 4.92 Å². The summed E-state index contributed by atoms with van der Waals surface area (Å²) in [6.07, 6.45) is 3.98. The van der Waals surface area contributed by atoms with E-state index in [9.17, 15) is 10.1 Å². The number of fused-ring (bicyclic) bond motifs is 1. The summed E-state index contributed by atoms with van der Waals surface area (Å²) >= 11 is 0. The number of hydrogen-bond donors (Lipinski definition) is 1. The van der Waals surface area contributed by atoms with E-state index in [0.29, 0.717) is 0 Å². The number of benzene rings is 1. The first-order valence-electron chi connectivity index (χ1n) is 7.45. The van der Waals surface area contributed by atoms with E-state index in [1.807, 2.05) is 13.0 Å². The Kier molecular flexibility index (Phi) is 3.51. The first kappa shape index (κ1) is 13.2. The molecule has 2 unspecified atom stereocenters. The Labute approximate surface area is 119 Å². The standard InChI is InChI=1S/C15H21N3O2/c1-2-16-13-6-14(8-15(7-13)18(19)20)17-9-11-4-3-5-12(11)10-17/h6-8,11-12,16H,2-5,9-10H2,1H3. The van der Waals surface area contributed by atoms with Crippen molar-refractivity contribution >= 4 is 17.1 Å². The van der Waals surface area contributed by atoms with Crippen molar-refractivity contribution in [2.75, 3.05) is 29.9 Å². The quantitative estimate of drug-likeness (QED) is 0.677. The number of nitrogens with zero attached hydrogens (tertiary/aromatic N) is 2. The van der Waals surface area contributed by atoms with E-state index in [2.05, 4.69) is 10.2 Å². The first-order chi connectivity index (χ1) is 9.67. The molecule has 1 N–H and O–H groups in total. The molecule has 0 bridgehead atoms. The van der Waals surface area contributed by atoms with Crippen molar-refractivity contribution in [2.45, 2.75) is 26.2 Å². The van der Waals surface area contributed by atoms with Crippen LogP contribution < -0.4 is 10.2 Å². The zero-order valence-electron chi connectivity index (χ0n) is 11.8. The highest BCUT2D eigenvalue weighted by atomic mass is 16.6. The third kappa shape index (κ3) is 2.44. The van der Waals surface area contributed by atoms with E-state index in [1.54, 1.807) is 12.1 Å². The van der Waals surface area contributed by atoms with Crippen LogP contribution in [0.3, 0.4) is 0 Å². The summed E-state index contributed by atoms with van der Waals surface area (Å²) in [5.41, 5.74) is 2.01. The summed E-state index contributed by atoms with van der Waals surface area (Å²) < 4.78 is 0. The Bertz CT molecular complexity index is 506. The van der Waals surface area contributed by atoms with E-state index in [4.69, 9.17) is 0 Å². The minimum Gasteiger partial charge on any atom is -0.385 e. The van der Waals surface area contributed by atoms with Gasteiger partial charge >= 0.3 is 0 Å². The lowest BCUT2D eigenvalue weighted by atomic mass is 10.0. The van der Waals surface area contributed by atoms with Crippen LogP contribution in [-0.4, -0.2) is 24.6 Å². The van der Waals surface area contributed by atoms with Gasteiger partial charge in [-0.05, 0) is 37.7 Å². The topological polar surface area (TPSA) is 58.4 Å². The molecular weight excluding hydrogens is 254 g/mol. The van der Waals surface area contributed by atoms with Crippen LogP contribution in [0, 0.1) is 22.0 Å². The van der Waals surface area contributed by atoms with E-state index < -0.39 is 0 Å². The molecule has 5 heteroatoms. The molecule has 2 atom stereocenters. The van der Waals surface area contributed by atoms with Gasteiger partial charge in [-0.1, -0.05) is 6.42 Å². The van der Waals surface area contributed by atoms with Crippen molar-refractivity contribution in [3.63, 3.8) is 0 Å². The molecule has 1 aromatic rings. The molecule has 1 saturated heterocycles. The number of anilines is 2. The number of nitrogens with one attached hydrogen (secondary N) is 1. The Hall–Kier alpha value is -1.78. The van der Waals surface area contributed by atoms with Crippen LogP contribution in [0.1, 0.15) is 26.2 Å². The maximum atomic E-state index is 11.1. The molecule has 5 nitrogen and oxygen atoms in total. The van der Waals surface area contributed by atoms with Crippen molar-refractivity contribution in [1.29, 1.82) is 0 Å². The van der Waals surface area contributed by atoms with Crippen LogP contribution in [0.5, 0.6) is 0 Å². The third-order valence-electron chi connectivity index (χ3n) is 4.59. The molecule has 0 amide bonds. The Morgan fingerprint density at radius 2 is 2.00 bits per heavy atom. The molecule has 0 spiro atoms. The molecule has 1 aliphatic carbocycles. The smallest absolute Gasteiger partial charge is 0.273 e. The average molecular weight is 275 g/mol. The summed E-state index contributed by atoms with van der Waals surface area (Å²) in [5.74, 6) is 1.58. The third-order valence-corrected chi connectivity index (χ3v) is 4.59. The molecule has 2 fully saturated rings. The molecule has 20 heavy (non-hydrogen) atoms. The van der Waals surface area contributed by atoms with Gasteiger partial charge in [0, 0.05) is 43.1 Å². The molecule has 0 aromatic heterocycles. The van der Waals surface area contributed by atoms with E-state index in [1.165, 1.54) is 19.3 Å². The summed E-state index contributed by atoms with van der Waals surface area (Å²) in [6, 6.07) is 5.36. The molecule has 2 aliphatic rings. The lowest BCUT2D eigenvalue weighted by Gasteiger charge is -2.20. The van der Waals surface area contributed by atoms with Crippen LogP contribution >= 0.6 is 0 Å². The van der Waals surface area contributed by atoms with Gasteiger partial charge < -0.3 is 10.2 Å². The predicted octanol–water partition coefficient (Wildman–Crippen LogP) is 3.26. The Morgan fingerprint density at radius 1 is 1.30 bits per heavy atom. The van der Waals surface area contributed by atoms with Crippen LogP contribution in [0.2, 0.25) is 0 Å². The SMILES string of the molecule is CCNc1cc(N2CC3CCCC3C2)cc([N+](=O)[O-])c1. The summed E-state index contributed by atoms with van der Waals surface area (Å²) in [4.78, 5) is 13.1. The minimum absolute atomic E-state index is 0.176. The van der Waals surface area contributed by atoms with Gasteiger partial charge in [0.15, 0.2) is 0 Å². The lowest BCUT2D eigenvalue weighted by Crippen LogP contribution is -2.21. The van der Waals surface area contributed by atoms with Gasteiger partial charge in [-0.3, -0.25) is 10.1 Å². The lowest BCUT2D eigenvalue weighted by molar-refractivity contribution is -0.384. The number of hydrogen-bond acceptors (Lipinski definition) is 4. The van der Waals surface area contributed by atoms with Gasteiger partial charge in [0.2, 0.25) is 0 Å². The highest BCUT2D eigenvalue weighted by Crippen LogP contribution is 2.40. The second kappa shape index (κ2) is 5.31. The zero-order chi connectivity index (χ0) is 14.1. The molecule has 1 heterocycles. The Balaban J connectivity index is 1.86. The largest absolute Gasteiger partial charge is 0.385 e. The maximum absolute atomic E-state index is 11.1. The van der Waals surface area contributed by atoms with Crippen LogP contribution in [0.4, 0.5) is 17.1 Å². The highest BCUT2D eigenvalue weighted by molar-refractivity contribution is 5.65. The molecule has 0 radical (unpaired) electrons. The second-order valence-corrected chi connectivity index (χ2v) is 5.88. The molecule has 1 saturated carbocycles. The fourth-order valence-electron chi connectivity index (χ4n) is 3.64. The van der Waals surface area contributed by atoms with Crippen LogP contribution in [0.15, 0.2) is 18.2 Å². The van der Waals surface area contributed by atoms with Gasteiger partial charge in [0.25, 0.3) is 5.69 Å². The zero-order valence-corrected chi connectivity index (χ0v) is 11.8. The predicted molar refractivity (Wildman–Crippen MR) is 80.3 cm³/mol. The number of non-ortho nitro benzene ring substituents is 1. The summed E-state index contributed by atoms with van der Waals surface area (Å²) in [6.45, 7) is 4.87. The van der Waals surface area contributed by atoms with Gasteiger partial charge in [-0.25, -0.2) is 0 Å². The minimum atomic E-state index is -0.304. The van der Waals surface area contributed by atoms with E-state index in [0.717, 1.165) is 42.8 Å². The number of rotatable bonds is 4. The average Bonchev–Trinajstić information content (AvgIpc) is 2.99. The van der Waals surface area contributed by atoms with E-state index >= 15 is 0 Å². The molecule has 108 valence electrons.